The molecule has 0 aromatic heterocycles. The van der Waals surface area contributed by atoms with Crippen LogP contribution >= 0.6 is 0 Å². The number of rotatable bonds is 12. The monoisotopic (exact) mass is 837 g/mol. The lowest BCUT2D eigenvalue weighted by atomic mass is 9.20. The smallest absolute Gasteiger partial charge is 0.407 e. The predicted octanol–water partition coefficient (Wildman–Crippen LogP) is 3.22. The number of alkyl carbamates (subject to hydrolysis) is 1. The molecule has 0 radical (unpaired) electrons. The summed E-state index contributed by atoms with van der Waals surface area (Å²) in [4.78, 5) is 69.1. The van der Waals surface area contributed by atoms with Gasteiger partial charge >= 0.3 is 24.0 Å². The molecule has 1 spiro atoms. The minimum Gasteiger partial charge on any atom is -0.497 e. The number of methoxy groups -OCH3 is 3. The van der Waals surface area contributed by atoms with Gasteiger partial charge in [-0.25, -0.2) is 23.2 Å². The Morgan fingerprint density at radius 2 is 1.75 bits per heavy atom. The van der Waals surface area contributed by atoms with E-state index in [0.717, 1.165) is 0 Å². The molecule has 0 bridgehead atoms. The third-order valence-electron chi connectivity index (χ3n) is 13.4. The Kier molecular flexibility index (Phi) is 11.3. The van der Waals surface area contributed by atoms with Crippen LogP contribution in [0.25, 0.3) is 0 Å². The highest BCUT2D eigenvalue weighted by Gasteiger charge is 2.99. The van der Waals surface area contributed by atoms with Gasteiger partial charge in [-0.1, -0.05) is 13.0 Å². The van der Waals surface area contributed by atoms with Crippen molar-refractivity contribution in [3.05, 3.63) is 41.0 Å². The van der Waals surface area contributed by atoms with Gasteiger partial charge in [-0.15, -0.1) is 0 Å². The van der Waals surface area contributed by atoms with E-state index in [-0.39, 0.29) is 29.7 Å². The van der Waals surface area contributed by atoms with E-state index < -0.39 is 125 Å². The number of carbonyl (C=O) groups excluding carboxylic acids is 5. The normalized spacial score (nSPS) is 36.7. The van der Waals surface area contributed by atoms with Gasteiger partial charge in [-0.2, -0.15) is 0 Å². The molecule has 1 unspecified atom stereocenters. The van der Waals surface area contributed by atoms with Crippen molar-refractivity contribution >= 4 is 29.8 Å². The van der Waals surface area contributed by atoms with Gasteiger partial charge < -0.3 is 53.4 Å². The van der Waals surface area contributed by atoms with E-state index in [2.05, 4.69) is 5.32 Å². The molecule has 326 valence electrons. The lowest BCUT2D eigenvalue weighted by Gasteiger charge is -2.86. The zero-order valence-corrected chi connectivity index (χ0v) is 34.7. The molecule has 1 saturated heterocycles. The van der Waals surface area contributed by atoms with Gasteiger partial charge in [0.1, 0.15) is 41.4 Å². The van der Waals surface area contributed by atoms with Crippen molar-refractivity contribution in [2.24, 2.45) is 16.2 Å². The van der Waals surface area contributed by atoms with E-state index in [0.29, 0.717) is 5.75 Å². The van der Waals surface area contributed by atoms with Crippen molar-refractivity contribution in [1.29, 1.82) is 0 Å². The maximum atomic E-state index is 15.3. The lowest BCUT2D eigenvalue weighted by molar-refractivity contribution is -0.473. The van der Waals surface area contributed by atoms with Crippen LogP contribution < -0.4 is 10.1 Å². The highest BCUT2D eigenvalue weighted by molar-refractivity contribution is 5.98. The molecule has 3 saturated carbocycles. The molecule has 59 heavy (non-hydrogen) atoms. The Balaban J connectivity index is 1.52. The van der Waals surface area contributed by atoms with E-state index in [4.69, 9.17) is 37.9 Å². The zero-order chi connectivity index (χ0) is 43.8. The highest BCUT2D eigenvalue weighted by Crippen LogP contribution is 2.86. The molecule has 3 N–H and O–H groups in total. The Morgan fingerprint density at radius 3 is 2.29 bits per heavy atom. The summed E-state index contributed by atoms with van der Waals surface area (Å²) in [5.74, 6) is -3.40. The fourth-order valence-corrected chi connectivity index (χ4v) is 11.2. The number of halogens is 2. The van der Waals surface area contributed by atoms with Crippen molar-refractivity contribution < 1.29 is 80.9 Å². The van der Waals surface area contributed by atoms with Crippen LogP contribution in [0.15, 0.2) is 35.4 Å². The fraction of sp³-hybridized carbons (Fsp3) is 0.683. The molecule has 5 aliphatic rings. The summed E-state index contributed by atoms with van der Waals surface area (Å²) in [6, 6.07) is 4.14. The van der Waals surface area contributed by atoms with Crippen molar-refractivity contribution in [1.82, 2.24) is 5.32 Å². The van der Waals surface area contributed by atoms with Gasteiger partial charge in [0.05, 0.1) is 42.3 Å². The first kappa shape index (κ1) is 44.3. The number of aliphatic hydroxyl groups excluding tert-OH is 1. The molecular weight excluding hydrogens is 784 g/mol. The van der Waals surface area contributed by atoms with Gasteiger partial charge in [0.15, 0.2) is 17.5 Å². The Bertz CT molecular complexity index is 1930. The van der Waals surface area contributed by atoms with Crippen molar-refractivity contribution in [2.75, 3.05) is 27.9 Å². The van der Waals surface area contributed by atoms with E-state index in [1.54, 1.807) is 26.0 Å². The first-order chi connectivity index (χ1) is 27.4. The van der Waals surface area contributed by atoms with E-state index in [1.807, 2.05) is 0 Å². The number of esters is 3. The van der Waals surface area contributed by atoms with Crippen LogP contribution in [0.4, 0.5) is 13.6 Å². The van der Waals surface area contributed by atoms with E-state index >= 15 is 4.79 Å². The number of fused-ring (bicyclic) bond motifs is 1. The second-order valence-electron chi connectivity index (χ2n) is 17.4. The quantitative estimate of drug-likeness (QED) is 0.157. The number of nitrogens with one attached hydrogen (secondary N) is 1. The summed E-state index contributed by atoms with van der Waals surface area (Å²) in [5, 5.41) is 26.6. The van der Waals surface area contributed by atoms with Gasteiger partial charge in [-0.05, 0) is 64.0 Å². The number of ketones is 1. The maximum Gasteiger partial charge on any atom is 0.407 e. The van der Waals surface area contributed by atoms with Gasteiger partial charge in [-0.3, -0.25) is 9.59 Å². The van der Waals surface area contributed by atoms with Crippen molar-refractivity contribution in [3.63, 3.8) is 0 Å². The van der Waals surface area contributed by atoms with Crippen LogP contribution in [0.3, 0.4) is 0 Å². The molecule has 6 rings (SSSR count). The van der Waals surface area contributed by atoms with Crippen LogP contribution in [0, 0.1) is 16.2 Å². The van der Waals surface area contributed by atoms with Crippen LogP contribution in [0.1, 0.15) is 78.1 Å². The summed E-state index contributed by atoms with van der Waals surface area (Å²) >= 11 is 0. The Morgan fingerprint density at radius 1 is 1.07 bits per heavy atom. The molecule has 1 aliphatic heterocycles. The molecule has 18 heteroatoms. The minimum atomic E-state index is -3.08. The third-order valence-corrected chi connectivity index (χ3v) is 13.4. The lowest BCUT2D eigenvalue weighted by Crippen LogP contribution is -3.00. The van der Waals surface area contributed by atoms with Gasteiger partial charge in [0, 0.05) is 45.8 Å². The number of carbonyl (C=O) groups is 5. The largest absolute Gasteiger partial charge is 0.497 e. The van der Waals surface area contributed by atoms with Crippen molar-refractivity contribution in [3.8, 4) is 5.75 Å². The average Bonchev–Trinajstić information content (AvgIpc) is 3.14. The predicted molar refractivity (Wildman–Crippen MR) is 198 cm³/mol. The van der Waals surface area contributed by atoms with Crippen LogP contribution in [0.2, 0.25) is 0 Å². The summed E-state index contributed by atoms with van der Waals surface area (Å²) in [5.41, 5.74) is -9.92. The Labute approximate surface area is 340 Å². The van der Waals surface area contributed by atoms with Gasteiger partial charge in [0.2, 0.25) is 6.43 Å². The number of hydrogen-bond donors (Lipinski definition) is 3. The summed E-state index contributed by atoms with van der Waals surface area (Å²) in [7, 11) is 4.08. The number of aliphatic hydroxyl groups is 2. The first-order valence-corrected chi connectivity index (χ1v) is 19.3. The molecule has 1 amide bonds. The molecule has 1 heterocycles. The average molecular weight is 838 g/mol. The molecule has 1 aromatic rings. The molecule has 12 atom stereocenters. The van der Waals surface area contributed by atoms with E-state index in [9.17, 15) is 38.2 Å². The number of benzene rings is 1. The maximum absolute atomic E-state index is 15.3. The fourth-order valence-electron chi connectivity index (χ4n) is 11.2. The molecule has 4 aliphatic carbocycles. The number of alkyl halides is 2. The van der Waals surface area contributed by atoms with Crippen LogP contribution in [-0.4, -0.2) is 134 Å². The Hall–Kier alpha value is -4.23. The van der Waals surface area contributed by atoms with E-state index in [1.165, 1.54) is 68.1 Å². The SMILES string of the molecule is COc1cccc(C(=O)O[C@H]2C34[C@]5(OC(C)=O)CO[C@@H]5C[C@H](OC)[C@@]3(C)C(=O)[C@H](OC)C3=C(C)[C@@H](OC(=O)[C@H](O)[C@H](CC(F)F)NC(=O)OC(C)(C)C)C[C@]2(O)[C@]34C)c1. The minimum absolute atomic E-state index is 0.00928. The molecule has 16 nitrogen and oxygen atoms in total. The highest BCUT2D eigenvalue weighted by atomic mass is 19.3. The van der Waals surface area contributed by atoms with Crippen LogP contribution in [-0.2, 0) is 47.5 Å². The third kappa shape index (κ3) is 6.17. The molecular formula is C41H53F2NO15. The number of Topliss-reactive ketones (excluding diaryl/α,β-unsaturated/α-hetero) is 1. The standard InChI is InChI=1S/C41H53F2NO15/c1-19-24(56-33(49)29(46)23(15-27(42)43)44-35(50)59-36(3,4)5)17-39(51)34(57-32(48)21-12-11-13-22(14-21)52-8)41-37(6,31(47)30(54-10)28(19)38(39,41)7)25(53-9)16-26-40(41,18-55-26)58-20(2)45/h11-14,23-27,29-30,34,46,51H,15-18H2,1-10H3,(H,44,50)/t23-,24-,25-,26+,29+,30+,34+,37-,38-,39+,40-,41?/m0/s1. The first-order valence-electron chi connectivity index (χ1n) is 19.3. The molecule has 1 aromatic carbocycles. The van der Waals surface area contributed by atoms with Crippen LogP contribution in [0.5, 0.6) is 5.75 Å². The summed E-state index contributed by atoms with van der Waals surface area (Å²) < 4.78 is 74.4. The zero-order valence-electron chi connectivity index (χ0n) is 34.7. The number of ether oxygens (including phenoxy) is 8. The summed E-state index contributed by atoms with van der Waals surface area (Å²) in [6.07, 6.45) is -14.7. The number of hydrogen-bond acceptors (Lipinski definition) is 15. The second kappa shape index (κ2) is 15.0. The van der Waals surface area contributed by atoms with Crippen molar-refractivity contribution in [2.45, 2.75) is 134 Å². The number of amides is 1. The topological polar surface area (TPSA) is 212 Å². The summed E-state index contributed by atoms with van der Waals surface area (Å²) in [6.45, 7) is 10.3. The molecule has 4 fully saturated rings. The van der Waals surface area contributed by atoms with Gasteiger partial charge in [0.25, 0.3) is 0 Å². The second-order valence-corrected chi connectivity index (χ2v) is 17.4.